The molecule has 1 aliphatic heterocycles. The lowest BCUT2D eigenvalue weighted by Gasteiger charge is -2.18. The summed E-state index contributed by atoms with van der Waals surface area (Å²) in [5.41, 5.74) is 6.80. The van der Waals surface area contributed by atoms with Gasteiger partial charge in [0.05, 0.1) is 5.92 Å². The second-order valence-electron chi connectivity index (χ2n) is 7.50. The monoisotopic (exact) mass is 348 g/mol. The van der Waals surface area contributed by atoms with E-state index >= 15 is 0 Å². The lowest BCUT2D eigenvalue weighted by molar-refractivity contribution is -0.122. The zero-order valence-electron chi connectivity index (χ0n) is 15.3. The molecule has 4 heteroatoms. The van der Waals surface area contributed by atoms with Crippen LogP contribution in [0, 0.1) is 19.8 Å². The first-order valence-corrected chi connectivity index (χ1v) is 9.31. The van der Waals surface area contributed by atoms with Gasteiger partial charge in [0.25, 0.3) is 0 Å². The van der Waals surface area contributed by atoms with E-state index in [4.69, 9.17) is 0 Å². The van der Waals surface area contributed by atoms with Crippen molar-refractivity contribution in [1.82, 2.24) is 0 Å². The molecule has 1 heterocycles. The molecule has 134 valence electrons. The van der Waals surface area contributed by atoms with E-state index in [1.54, 1.807) is 4.90 Å². The molecule has 2 aromatic carbocycles. The fraction of sp³-hybridized carbons (Fsp3) is 0.364. The number of benzene rings is 2. The Kier molecular flexibility index (Phi) is 4.27. The van der Waals surface area contributed by atoms with Crippen LogP contribution in [0.3, 0.4) is 0 Å². The number of hydrogen-bond acceptors (Lipinski definition) is 2. The van der Waals surface area contributed by atoms with Crippen LogP contribution < -0.4 is 10.2 Å². The van der Waals surface area contributed by atoms with Gasteiger partial charge in [-0.05, 0) is 79.6 Å². The first-order valence-electron chi connectivity index (χ1n) is 9.31. The minimum Gasteiger partial charge on any atom is -0.326 e. The molecule has 2 amide bonds. The van der Waals surface area contributed by atoms with Crippen molar-refractivity contribution in [2.24, 2.45) is 5.92 Å². The van der Waals surface area contributed by atoms with Crippen LogP contribution in [0.15, 0.2) is 36.4 Å². The van der Waals surface area contributed by atoms with Gasteiger partial charge in [-0.2, -0.15) is 0 Å². The van der Waals surface area contributed by atoms with Crippen molar-refractivity contribution in [2.75, 3.05) is 16.8 Å². The third kappa shape index (κ3) is 3.12. The smallest absolute Gasteiger partial charge is 0.229 e. The summed E-state index contributed by atoms with van der Waals surface area (Å²) in [6.45, 7) is 4.54. The third-order valence-corrected chi connectivity index (χ3v) is 5.66. The summed E-state index contributed by atoms with van der Waals surface area (Å²) in [7, 11) is 0. The summed E-state index contributed by atoms with van der Waals surface area (Å²) in [4.78, 5) is 26.8. The molecule has 0 unspecified atom stereocenters. The highest BCUT2D eigenvalue weighted by molar-refractivity contribution is 6.03. The average molecular weight is 348 g/mol. The largest absolute Gasteiger partial charge is 0.326 e. The quantitative estimate of drug-likeness (QED) is 0.917. The molecule has 4 nitrogen and oxygen atoms in total. The van der Waals surface area contributed by atoms with Crippen LogP contribution >= 0.6 is 0 Å². The van der Waals surface area contributed by atoms with Crippen molar-refractivity contribution in [2.45, 2.75) is 39.5 Å². The highest BCUT2D eigenvalue weighted by Gasteiger charge is 2.35. The highest BCUT2D eigenvalue weighted by Crippen LogP contribution is 2.29. The minimum atomic E-state index is -0.308. The average Bonchev–Trinajstić information content (AvgIpc) is 3.23. The molecule has 26 heavy (non-hydrogen) atoms. The Labute approximate surface area is 154 Å². The molecule has 1 N–H and O–H groups in total. The van der Waals surface area contributed by atoms with Crippen LogP contribution in [0.4, 0.5) is 11.4 Å². The number of hydrogen-bond donors (Lipinski definition) is 1. The number of amides is 2. The topological polar surface area (TPSA) is 49.4 Å². The summed E-state index contributed by atoms with van der Waals surface area (Å²) in [6.07, 6.45) is 3.67. The Balaban J connectivity index is 1.46. The van der Waals surface area contributed by atoms with E-state index < -0.39 is 0 Å². The summed E-state index contributed by atoms with van der Waals surface area (Å²) in [5.74, 6) is -0.359. The van der Waals surface area contributed by atoms with Gasteiger partial charge in [-0.15, -0.1) is 0 Å². The maximum Gasteiger partial charge on any atom is 0.229 e. The van der Waals surface area contributed by atoms with Crippen molar-refractivity contribution >= 4 is 23.2 Å². The number of aryl methyl sites for hydroxylation is 4. The van der Waals surface area contributed by atoms with Gasteiger partial charge in [0.15, 0.2) is 0 Å². The predicted molar refractivity (Wildman–Crippen MR) is 103 cm³/mol. The van der Waals surface area contributed by atoms with Gasteiger partial charge in [-0.1, -0.05) is 12.1 Å². The molecule has 4 rings (SSSR count). The number of nitrogens with zero attached hydrogens (tertiary/aromatic N) is 1. The van der Waals surface area contributed by atoms with Gasteiger partial charge in [0, 0.05) is 24.3 Å². The van der Waals surface area contributed by atoms with Crippen LogP contribution in [0.1, 0.15) is 35.1 Å². The number of carbonyl (C=O) groups is 2. The molecule has 2 aliphatic rings. The number of nitrogens with one attached hydrogen (secondary N) is 1. The van der Waals surface area contributed by atoms with Crippen LogP contribution in [0.5, 0.6) is 0 Å². The Morgan fingerprint density at radius 3 is 2.65 bits per heavy atom. The second kappa shape index (κ2) is 6.60. The van der Waals surface area contributed by atoms with E-state index in [1.165, 1.54) is 23.1 Å². The molecule has 0 saturated carbocycles. The molecule has 0 spiro atoms. The fourth-order valence-electron chi connectivity index (χ4n) is 3.92. The van der Waals surface area contributed by atoms with E-state index in [9.17, 15) is 9.59 Å². The fourth-order valence-corrected chi connectivity index (χ4v) is 3.92. The number of carbonyl (C=O) groups excluding carboxylic acids is 2. The zero-order chi connectivity index (χ0) is 18.3. The van der Waals surface area contributed by atoms with Gasteiger partial charge in [-0.3, -0.25) is 9.59 Å². The van der Waals surface area contributed by atoms with Crippen molar-refractivity contribution in [1.29, 1.82) is 0 Å². The number of anilines is 2. The van der Waals surface area contributed by atoms with E-state index in [0.717, 1.165) is 29.8 Å². The summed E-state index contributed by atoms with van der Waals surface area (Å²) >= 11 is 0. The Bertz CT molecular complexity index is 888. The van der Waals surface area contributed by atoms with Gasteiger partial charge >= 0.3 is 0 Å². The third-order valence-electron chi connectivity index (χ3n) is 5.66. The van der Waals surface area contributed by atoms with Crippen molar-refractivity contribution < 1.29 is 9.59 Å². The molecule has 1 aliphatic carbocycles. The van der Waals surface area contributed by atoms with Crippen molar-refractivity contribution in [3.05, 3.63) is 58.7 Å². The van der Waals surface area contributed by atoms with E-state index in [0.29, 0.717) is 6.54 Å². The number of rotatable bonds is 3. The standard InChI is InChI=1S/C22H24N2O2/c1-14-6-9-20(10-15(14)2)24-13-18(12-21(24)25)22(26)23-19-8-7-16-4-3-5-17(16)11-19/h6-11,18H,3-5,12-13H2,1-2H3,(H,23,26)/t18-/m1/s1. The molecule has 2 aromatic rings. The van der Waals surface area contributed by atoms with E-state index in [-0.39, 0.29) is 24.2 Å². The van der Waals surface area contributed by atoms with Gasteiger partial charge < -0.3 is 10.2 Å². The van der Waals surface area contributed by atoms with Crippen LogP contribution in [0.25, 0.3) is 0 Å². The molecule has 1 saturated heterocycles. The summed E-state index contributed by atoms with van der Waals surface area (Å²) in [6, 6.07) is 12.2. The predicted octanol–water partition coefficient (Wildman–Crippen LogP) is 3.78. The zero-order valence-corrected chi connectivity index (χ0v) is 15.3. The first kappa shape index (κ1) is 16.8. The van der Waals surface area contributed by atoms with Crippen molar-refractivity contribution in [3.63, 3.8) is 0 Å². The van der Waals surface area contributed by atoms with Gasteiger partial charge in [0.1, 0.15) is 0 Å². The maximum atomic E-state index is 12.7. The van der Waals surface area contributed by atoms with Crippen LogP contribution in [-0.2, 0) is 22.4 Å². The lowest BCUT2D eigenvalue weighted by atomic mass is 10.1. The SMILES string of the molecule is Cc1ccc(N2C[C@H](C(=O)Nc3ccc4c(c3)CCC4)CC2=O)cc1C. The molecule has 1 fully saturated rings. The Morgan fingerprint density at radius 1 is 1.04 bits per heavy atom. The normalized spacial score (nSPS) is 18.9. The Morgan fingerprint density at radius 2 is 1.85 bits per heavy atom. The molecule has 0 aromatic heterocycles. The first-order chi connectivity index (χ1) is 12.5. The molecular formula is C22H24N2O2. The summed E-state index contributed by atoms with van der Waals surface area (Å²) in [5, 5.41) is 3.01. The second-order valence-corrected chi connectivity index (χ2v) is 7.50. The van der Waals surface area contributed by atoms with Crippen LogP contribution in [0.2, 0.25) is 0 Å². The van der Waals surface area contributed by atoms with Gasteiger partial charge in [-0.25, -0.2) is 0 Å². The highest BCUT2D eigenvalue weighted by atomic mass is 16.2. The molecule has 0 radical (unpaired) electrons. The molecule has 1 atom stereocenters. The van der Waals surface area contributed by atoms with E-state index in [2.05, 4.69) is 24.4 Å². The maximum absolute atomic E-state index is 12.7. The number of fused-ring (bicyclic) bond motifs is 1. The lowest BCUT2D eigenvalue weighted by Crippen LogP contribution is -2.28. The Hall–Kier alpha value is -2.62. The molecular weight excluding hydrogens is 324 g/mol. The summed E-state index contributed by atoms with van der Waals surface area (Å²) < 4.78 is 0. The van der Waals surface area contributed by atoms with Crippen LogP contribution in [-0.4, -0.2) is 18.4 Å². The molecule has 0 bridgehead atoms. The van der Waals surface area contributed by atoms with E-state index in [1.807, 2.05) is 31.2 Å². The van der Waals surface area contributed by atoms with Crippen molar-refractivity contribution in [3.8, 4) is 0 Å². The van der Waals surface area contributed by atoms with Gasteiger partial charge in [0.2, 0.25) is 11.8 Å². The minimum absolute atomic E-state index is 0.0161.